The zero-order valence-electron chi connectivity index (χ0n) is 20.4. The van der Waals surface area contributed by atoms with Crippen LogP contribution in [0, 0.1) is 0 Å². The first-order valence-electron chi connectivity index (χ1n) is 11.7. The molecule has 0 saturated carbocycles. The lowest BCUT2D eigenvalue weighted by molar-refractivity contribution is 0.100. The molecular formula is C28H20N4O8. The summed E-state index contributed by atoms with van der Waals surface area (Å²) < 4.78 is 0. The van der Waals surface area contributed by atoms with Gasteiger partial charge >= 0.3 is 0 Å². The van der Waals surface area contributed by atoms with Gasteiger partial charge in [0.25, 0.3) is 23.6 Å². The number of amides is 4. The van der Waals surface area contributed by atoms with Gasteiger partial charge in [-0.15, -0.1) is 0 Å². The number of rotatable bonds is 0. The van der Waals surface area contributed by atoms with Crippen molar-refractivity contribution in [3.05, 3.63) is 95.1 Å². The van der Waals surface area contributed by atoms with Gasteiger partial charge in [0.05, 0.1) is 22.3 Å². The maximum atomic E-state index is 12.7. The first-order chi connectivity index (χ1) is 19.1. The highest BCUT2D eigenvalue weighted by molar-refractivity contribution is 6.12. The fraction of sp³-hybridized carbons (Fsp3) is 0. The van der Waals surface area contributed by atoms with Gasteiger partial charge in [0, 0.05) is 22.7 Å². The molecule has 12 nitrogen and oxygen atoms in total. The molecule has 7 aliphatic rings. The molecule has 8 N–H and O–H groups in total. The molecule has 7 heterocycles. The molecule has 0 radical (unpaired) electrons. The molecule has 0 aliphatic carbocycles. The number of benzene rings is 4. The smallest absolute Gasteiger partial charge is 0.259 e. The summed E-state index contributed by atoms with van der Waals surface area (Å²) in [4.78, 5) is 50.9. The van der Waals surface area contributed by atoms with E-state index in [0.29, 0.717) is 0 Å². The van der Waals surface area contributed by atoms with E-state index in [2.05, 4.69) is 21.3 Å². The van der Waals surface area contributed by atoms with Crippen molar-refractivity contribution in [3.8, 4) is 23.0 Å². The lowest BCUT2D eigenvalue weighted by Crippen LogP contribution is -2.16. The molecule has 4 aromatic rings. The Balaban J connectivity index is 1.54. The van der Waals surface area contributed by atoms with Gasteiger partial charge in [0.2, 0.25) is 0 Å². The Labute approximate surface area is 225 Å². The van der Waals surface area contributed by atoms with Gasteiger partial charge in [-0.3, -0.25) is 19.2 Å². The van der Waals surface area contributed by atoms with Gasteiger partial charge in [-0.05, 0) is 72.8 Å². The molecule has 0 fully saturated rings. The van der Waals surface area contributed by atoms with Crippen molar-refractivity contribution in [1.82, 2.24) is 0 Å². The van der Waals surface area contributed by atoms with E-state index in [-0.39, 0.29) is 45.0 Å². The molecular weight excluding hydrogens is 520 g/mol. The number of nitrogens with one attached hydrogen (secondary N) is 4. The summed E-state index contributed by atoms with van der Waals surface area (Å²) in [6.45, 7) is 0. The largest absolute Gasteiger partial charge is 0.504 e. The van der Waals surface area contributed by atoms with E-state index in [0.717, 1.165) is 0 Å². The lowest BCUT2D eigenvalue weighted by Gasteiger charge is -2.14. The number of carbonyl (C=O) groups excluding carboxylic acids is 4. The number of carbonyl (C=O) groups is 4. The SMILES string of the molecule is O=C1Nc2ccc(cc2)NC(=O)c2ccc(c(O)c2O)C(=O)Nc2ccc(cc2)NC(=O)c2ccc1c(O)c2O. The molecule has 0 spiro atoms. The van der Waals surface area contributed by atoms with Crippen molar-refractivity contribution < 1.29 is 39.6 Å². The molecule has 4 amide bonds. The van der Waals surface area contributed by atoms with Crippen LogP contribution in [0.5, 0.6) is 23.0 Å². The highest BCUT2D eigenvalue weighted by Crippen LogP contribution is 2.35. The molecule has 40 heavy (non-hydrogen) atoms. The van der Waals surface area contributed by atoms with Crippen LogP contribution in [0.15, 0.2) is 72.8 Å². The van der Waals surface area contributed by atoms with Gasteiger partial charge in [-0.25, -0.2) is 0 Å². The van der Waals surface area contributed by atoms with Crippen LogP contribution in [0.3, 0.4) is 0 Å². The highest BCUT2D eigenvalue weighted by atomic mass is 16.3. The Morgan fingerprint density at radius 2 is 0.500 bits per heavy atom. The normalized spacial score (nSPS) is 13.4. The first-order valence-corrected chi connectivity index (χ1v) is 11.7. The molecule has 0 atom stereocenters. The third kappa shape index (κ3) is 4.79. The van der Waals surface area contributed by atoms with Crippen molar-refractivity contribution in [2.45, 2.75) is 0 Å². The van der Waals surface area contributed by atoms with E-state index in [4.69, 9.17) is 0 Å². The molecule has 200 valence electrons. The van der Waals surface area contributed by atoms with Crippen LogP contribution >= 0.6 is 0 Å². The predicted octanol–water partition coefficient (Wildman–Crippen LogP) is 3.83. The summed E-state index contributed by atoms with van der Waals surface area (Å²) in [5.41, 5.74) is -0.0660. The third-order valence-corrected chi connectivity index (χ3v) is 6.08. The number of aromatic hydroxyl groups is 4. The molecule has 0 saturated heterocycles. The van der Waals surface area contributed by atoms with E-state index in [1.54, 1.807) is 0 Å². The minimum atomic E-state index is -0.796. The Bertz CT molecular complexity index is 1450. The summed E-state index contributed by atoms with van der Waals surface area (Å²) >= 11 is 0. The minimum absolute atomic E-state index is 0.275. The maximum Gasteiger partial charge on any atom is 0.259 e. The van der Waals surface area contributed by atoms with Crippen LogP contribution in [0.1, 0.15) is 41.4 Å². The molecule has 7 aliphatic heterocycles. The number of phenolic OH excluding ortho intramolecular Hbond substituents is 4. The van der Waals surface area contributed by atoms with Gasteiger partial charge in [-0.1, -0.05) is 0 Å². The standard InChI is InChI=1S/C28H20N4O8/c33-21-17-9-10-19(23(21)35)27(39)31-15-5-7-16(8-6-15)32-28(40)20-12-11-18(22(34)24(20)36)26(38)30-14-2-1-13(3-4-14)29-25(17)37/h1-12,33-36H,(H,29,37)(H,30,38)(H,31,39)(H,32,40). The zero-order chi connectivity index (χ0) is 28.6. The Morgan fingerprint density at radius 1 is 0.325 bits per heavy atom. The Hall–Kier alpha value is -6.04. The summed E-state index contributed by atoms with van der Waals surface area (Å²) in [5, 5.41) is 51.8. The number of hydrogen-bond acceptors (Lipinski definition) is 8. The zero-order valence-corrected chi connectivity index (χ0v) is 20.4. The van der Waals surface area contributed by atoms with Crippen LogP contribution < -0.4 is 21.3 Å². The summed E-state index contributed by atoms with van der Waals surface area (Å²) in [5.74, 6) is -6.28. The molecule has 8 bridgehead atoms. The predicted molar refractivity (Wildman–Crippen MR) is 144 cm³/mol. The van der Waals surface area contributed by atoms with Crippen LogP contribution in [-0.2, 0) is 0 Å². The minimum Gasteiger partial charge on any atom is -0.504 e. The first kappa shape index (κ1) is 25.6. The second-order valence-electron chi connectivity index (χ2n) is 8.69. The average molecular weight is 540 g/mol. The van der Waals surface area contributed by atoms with E-state index in [1.165, 1.54) is 72.8 Å². The fourth-order valence-electron chi connectivity index (χ4n) is 3.96. The highest BCUT2D eigenvalue weighted by Gasteiger charge is 2.23. The Morgan fingerprint density at radius 3 is 0.675 bits per heavy atom. The van der Waals surface area contributed by atoms with Crippen molar-refractivity contribution in [1.29, 1.82) is 0 Å². The van der Waals surface area contributed by atoms with E-state index in [9.17, 15) is 39.6 Å². The fourth-order valence-corrected chi connectivity index (χ4v) is 3.96. The number of anilines is 4. The topological polar surface area (TPSA) is 197 Å². The summed E-state index contributed by atoms with van der Waals surface area (Å²) in [7, 11) is 0. The van der Waals surface area contributed by atoms with Crippen LogP contribution in [-0.4, -0.2) is 44.1 Å². The number of phenols is 4. The quantitative estimate of drug-likeness (QED) is 0.154. The number of hydrogen-bond donors (Lipinski definition) is 8. The van der Waals surface area contributed by atoms with Crippen LogP contribution in [0.25, 0.3) is 0 Å². The monoisotopic (exact) mass is 540 g/mol. The molecule has 12 heteroatoms. The summed E-state index contributed by atoms with van der Waals surface area (Å²) in [6, 6.07) is 16.3. The second-order valence-corrected chi connectivity index (χ2v) is 8.69. The second kappa shape index (κ2) is 10.0. The van der Waals surface area contributed by atoms with Gasteiger partial charge in [0.15, 0.2) is 23.0 Å². The van der Waals surface area contributed by atoms with Gasteiger partial charge in [0.1, 0.15) is 0 Å². The van der Waals surface area contributed by atoms with Crippen molar-refractivity contribution in [2.75, 3.05) is 21.3 Å². The van der Waals surface area contributed by atoms with E-state index in [1.807, 2.05) is 0 Å². The van der Waals surface area contributed by atoms with Crippen LogP contribution in [0.4, 0.5) is 22.7 Å². The molecule has 11 rings (SSSR count). The lowest BCUT2D eigenvalue weighted by atomic mass is 10.1. The van der Waals surface area contributed by atoms with E-state index < -0.39 is 46.6 Å². The van der Waals surface area contributed by atoms with Crippen molar-refractivity contribution in [2.24, 2.45) is 0 Å². The Kier molecular flexibility index (Phi) is 6.41. The molecule has 0 aromatic heterocycles. The van der Waals surface area contributed by atoms with E-state index >= 15 is 0 Å². The average Bonchev–Trinajstić information content (AvgIpc) is 2.93. The van der Waals surface area contributed by atoms with Crippen LogP contribution in [0.2, 0.25) is 0 Å². The van der Waals surface area contributed by atoms with Crippen molar-refractivity contribution >= 4 is 46.4 Å². The third-order valence-electron chi connectivity index (χ3n) is 6.08. The van der Waals surface area contributed by atoms with Crippen molar-refractivity contribution in [3.63, 3.8) is 0 Å². The maximum absolute atomic E-state index is 12.7. The summed E-state index contributed by atoms with van der Waals surface area (Å²) in [6.07, 6.45) is 0. The molecule has 4 aromatic carbocycles. The van der Waals surface area contributed by atoms with Gasteiger partial charge < -0.3 is 41.7 Å². The van der Waals surface area contributed by atoms with Gasteiger partial charge in [-0.2, -0.15) is 0 Å². The molecule has 0 unspecified atom stereocenters.